The van der Waals surface area contributed by atoms with Gasteiger partial charge in [0, 0.05) is 25.2 Å². The Morgan fingerprint density at radius 3 is 2.75 bits per heavy atom. The fraction of sp³-hybridized carbons (Fsp3) is 0.727. The van der Waals surface area contributed by atoms with Crippen LogP contribution in [0.4, 0.5) is 0 Å². The van der Waals surface area contributed by atoms with Crippen molar-refractivity contribution in [1.29, 1.82) is 0 Å². The van der Waals surface area contributed by atoms with Gasteiger partial charge in [-0.3, -0.25) is 4.79 Å². The second-order valence-corrected chi connectivity index (χ2v) is 4.21. The maximum atomic E-state index is 12.0. The van der Waals surface area contributed by atoms with Gasteiger partial charge in [0.15, 0.2) is 0 Å². The lowest BCUT2D eigenvalue weighted by atomic mass is 10.2. The van der Waals surface area contributed by atoms with Gasteiger partial charge < -0.3 is 15.0 Å². The summed E-state index contributed by atoms with van der Waals surface area (Å²) in [6, 6.07) is -0.176. The van der Waals surface area contributed by atoms with Crippen LogP contribution in [0, 0.1) is 0 Å². The molecule has 92 valence electrons. The SMILES string of the molecule is CC(=CCl)CNC(C)C(=O)N1CCOCC1. The highest BCUT2D eigenvalue weighted by Gasteiger charge is 2.21. The van der Waals surface area contributed by atoms with Crippen molar-refractivity contribution in [1.82, 2.24) is 10.2 Å². The van der Waals surface area contributed by atoms with Crippen LogP contribution in [0.2, 0.25) is 0 Å². The van der Waals surface area contributed by atoms with Crippen LogP contribution in [-0.2, 0) is 9.53 Å². The highest BCUT2D eigenvalue weighted by atomic mass is 35.5. The topological polar surface area (TPSA) is 41.6 Å². The molecule has 0 aliphatic carbocycles. The molecule has 4 nitrogen and oxygen atoms in total. The monoisotopic (exact) mass is 246 g/mol. The van der Waals surface area contributed by atoms with Crippen molar-refractivity contribution in [2.75, 3.05) is 32.8 Å². The first-order valence-electron chi connectivity index (χ1n) is 5.51. The number of ether oxygens (including phenoxy) is 1. The molecule has 16 heavy (non-hydrogen) atoms. The van der Waals surface area contributed by atoms with E-state index < -0.39 is 0 Å². The van der Waals surface area contributed by atoms with E-state index in [4.69, 9.17) is 16.3 Å². The van der Waals surface area contributed by atoms with Crippen LogP contribution in [0.1, 0.15) is 13.8 Å². The Kier molecular flexibility index (Phi) is 5.80. The van der Waals surface area contributed by atoms with Crippen LogP contribution in [0.3, 0.4) is 0 Å². The Bertz CT molecular complexity index is 263. The maximum Gasteiger partial charge on any atom is 0.239 e. The van der Waals surface area contributed by atoms with Gasteiger partial charge in [-0.25, -0.2) is 0 Å². The third-order valence-corrected chi connectivity index (χ3v) is 2.94. The van der Waals surface area contributed by atoms with E-state index in [1.54, 1.807) is 0 Å². The Hall–Kier alpha value is -0.580. The van der Waals surface area contributed by atoms with Crippen LogP contribution in [0.15, 0.2) is 11.1 Å². The summed E-state index contributed by atoms with van der Waals surface area (Å²) in [4.78, 5) is 13.8. The number of hydrogen-bond donors (Lipinski definition) is 1. The number of nitrogens with zero attached hydrogens (tertiary/aromatic N) is 1. The zero-order valence-corrected chi connectivity index (χ0v) is 10.6. The van der Waals surface area contributed by atoms with Gasteiger partial charge in [0.1, 0.15) is 0 Å². The molecule has 1 N–H and O–H groups in total. The summed E-state index contributed by atoms with van der Waals surface area (Å²) in [7, 11) is 0. The van der Waals surface area contributed by atoms with Gasteiger partial charge in [-0.2, -0.15) is 0 Å². The van der Waals surface area contributed by atoms with Crippen LogP contribution in [-0.4, -0.2) is 49.7 Å². The summed E-state index contributed by atoms with van der Waals surface area (Å²) in [5.74, 6) is 0.130. The molecule has 0 aromatic heterocycles. The predicted molar refractivity (Wildman–Crippen MR) is 64.5 cm³/mol. The normalized spacial score (nSPS) is 19.7. The molecule has 1 aliphatic heterocycles. The number of morpholine rings is 1. The molecule has 5 heteroatoms. The third kappa shape index (κ3) is 4.12. The third-order valence-electron chi connectivity index (χ3n) is 2.57. The number of amides is 1. The first-order chi connectivity index (χ1) is 7.65. The lowest BCUT2D eigenvalue weighted by Gasteiger charge is -2.29. The largest absolute Gasteiger partial charge is 0.378 e. The van der Waals surface area contributed by atoms with Crippen LogP contribution in [0.5, 0.6) is 0 Å². The molecule has 1 aliphatic rings. The summed E-state index contributed by atoms with van der Waals surface area (Å²) >= 11 is 5.55. The van der Waals surface area contributed by atoms with Crippen LogP contribution in [0.25, 0.3) is 0 Å². The summed E-state index contributed by atoms with van der Waals surface area (Å²) < 4.78 is 5.20. The fourth-order valence-corrected chi connectivity index (χ4v) is 1.57. The van der Waals surface area contributed by atoms with Gasteiger partial charge in [-0.15, -0.1) is 0 Å². The molecule has 0 saturated carbocycles. The number of halogens is 1. The Labute approximate surface area is 102 Å². The average molecular weight is 247 g/mol. The van der Waals surface area contributed by atoms with Crippen LogP contribution < -0.4 is 5.32 Å². The molecular weight excluding hydrogens is 228 g/mol. The average Bonchev–Trinajstić information content (AvgIpc) is 2.35. The summed E-state index contributed by atoms with van der Waals surface area (Å²) in [6.07, 6.45) is 0. The Balaban J connectivity index is 2.34. The molecule has 0 aromatic rings. The molecule has 1 rings (SSSR count). The number of rotatable bonds is 4. The van der Waals surface area contributed by atoms with Crippen molar-refractivity contribution in [3.63, 3.8) is 0 Å². The fourth-order valence-electron chi connectivity index (χ4n) is 1.50. The first kappa shape index (κ1) is 13.5. The molecule has 1 atom stereocenters. The van der Waals surface area contributed by atoms with Gasteiger partial charge in [-0.1, -0.05) is 11.6 Å². The number of nitrogens with one attached hydrogen (secondary N) is 1. The molecule has 1 unspecified atom stereocenters. The maximum absolute atomic E-state index is 12.0. The van der Waals surface area contributed by atoms with Gasteiger partial charge in [-0.05, 0) is 19.4 Å². The van der Waals surface area contributed by atoms with E-state index in [1.807, 2.05) is 18.7 Å². The van der Waals surface area contributed by atoms with Crippen LogP contribution >= 0.6 is 11.6 Å². The Morgan fingerprint density at radius 2 is 2.19 bits per heavy atom. The van der Waals surface area contributed by atoms with E-state index in [0.29, 0.717) is 32.8 Å². The van der Waals surface area contributed by atoms with Gasteiger partial charge in [0.05, 0.1) is 19.3 Å². The highest BCUT2D eigenvalue weighted by molar-refractivity contribution is 6.25. The van der Waals surface area contributed by atoms with Gasteiger partial charge in [0.25, 0.3) is 0 Å². The minimum Gasteiger partial charge on any atom is -0.378 e. The van der Waals surface area contributed by atoms with Crippen molar-refractivity contribution in [2.24, 2.45) is 0 Å². The zero-order chi connectivity index (χ0) is 12.0. The second-order valence-electron chi connectivity index (χ2n) is 4.00. The molecular formula is C11H19ClN2O2. The molecule has 0 spiro atoms. The van der Waals surface area contributed by atoms with E-state index in [0.717, 1.165) is 5.57 Å². The minimum atomic E-state index is -0.176. The first-order valence-corrected chi connectivity index (χ1v) is 5.94. The second kappa shape index (κ2) is 6.89. The van der Waals surface area contributed by atoms with Gasteiger partial charge >= 0.3 is 0 Å². The van der Waals surface area contributed by atoms with Crippen molar-refractivity contribution < 1.29 is 9.53 Å². The highest BCUT2D eigenvalue weighted by Crippen LogP contribution is 2.01. The predicted octanol–water partition coefficient (Wildman–Crippen LogP) is 0.966. The quantitative estimate of drug-likeness (QED) is 0.804. The van der Waals surface area contributed by atoms with Crippen molar-refractivity contribution in [2.45, 2.75) is 19.9 Å². The van der Waals surface area contributed by atoms with E-state index in [2.05, 4.69) is 5.32 Å². The molecule has 0 radical (unpaired) electrons. The van der Waals surface area contributed by atoms with E-state index >= 15 is 0 Å². The summed E-state index contributed by atoms with van der Waals surface area (Å²) in [5.41, 5.74) is 2.54. The lowest BCUT2D eigenvalue weighted by molar-refractivity contribution is -0.137. The molecule has 1 amide bonds. The van der Waals surface area contributed by atoms with Crippen molar-refractivity contribution in [3.05, 3.63) is 11.1 Å². The minimum absolute atomic E-state index is 0.130. The zero-order valence-electron chi connectivity index (χ0n) is 9.83. The smallest absolute Gasteiger partial charge is 0.239 e. The molecule has 0 bridgehead atoms. The van der Waals surface area contributed by atoms with E-state index in [9.17, 15) is 4.79 Å². The number of carbonyl (C=O) groups is 1. The van der Waals surface area contributed by atoms with E-state index in [-0.39, 0.29) is 11.9 Å². The molecule has 1 saturated heterocycles. The lowest BCUT2D eigenvalue weighted by Crippen LogP contribution is -2.49. The number of carbonyl (C=O) groups excluding carboxylic acids is 1. The van der Waals surface area contributed by atoms with E-state index in [1.165, 1.54) is 5.54 Å². The summed E-state index contributed by atoms with van der Waals surface area (Å²) in [5, 5.41) is 3.15. The standard InChI is InChI=1S/C11H19ClN2O2/c1-9(7-12)8-13-10(2)11(15)14-3-5-16-6-4-14/h7,10,13H,3-6,8H2,1-2H3. The molecule has 0 aromatic carbocycles. The summed E-state index contributed by atoms with van der Waals surface area (Å²) in [6.45, 7) is 7.09. The number of hydrogen-bond acceptors (Lipinski definition) is 3. The molecule has 1 fully saturated rings. The Morgan fingerprint density at radius 1 is 1.56 bits per heavy atom. The van der Waals surface area contributed by atoms with Crippen molar-refractivity contribution >= 4 is 17.5 Å². The van der Waals surface area contributed by atoms with Gasteiger partial charge in [0.2, 0.25) is 5.91 Å². The molecule has 1 heterocycles. The van der Waals surface area contributed by atoms with Crippen molar-refractivity contribution in [3.8, 4) is 0 Å².